The highest BCUT2D eigenvalue weighted by Crippen LogP contribution is 2.02. The summed E-state index contributed by atoms with van der Waals surface area (Å²) in [6.07, 6.45) is 2.20. The van der Waals surface area contributed by atoms with Gasteiger partial charge in [-0.05, 0) is 0 Å². The van der Waals surface area contributed by atoms with Crippen molar-refractivity contribution in [2.45, 2.75) is 52.9 Å². The van der Waals surface area contributed by atoms with E-state index in [4.69, 9.17) is 0 Å². The molecule has 0 N–H and O–H groups in total. The Balaban J connectivity index is 4.19. The van der Waals surface area contributed by atoms with Gasteiger partial charge in [-0.15, -0.1) is 0 Å². The van der Waals surface area contributed by atoms with E-state index in [9.17, 15) is 14.4 Å². The zero-order valence-electron chi connectivity index (χ0n) is 11.1. The molecule has 0 spiro atoms. The minimum Gasteiger partial charge on any atom is -0.342 e. The van der Waals surface area contributed by atoms with Crippen LogP contribution in [0.1, 0.15) is 52.9 Å². The molecule has 0 aliphatic heterocycles. The fourth-order valence-corrected chi connectivity index (χ4v) is 1.46. The predicted molar refractivity (Wildman–Crippen MR) is 66.7 cm³/mol. The van der Waals surface area contributed by atoms with Crippen LogP contribution in [0.4, 0.5) is 0 Å². The maximum Gasteiger partial charge on any atom is 0.222 e. The molecule has 0 fully saturated rings. The van der Waals surface area contributed by atoms with E-state index in [1.54, 1.807) is 11.8 Å². The zero-order chi connectivity index (χ0) is 13.3. The summed E-state index contributed by atoms with van der Waals surface area (Å²) in [6.45, 7) is 6.30. The molecule has 0 aliphatic rings. The van der Waals surface area contributed by atoms with Crippen molar-refractivity contribution < 1.29 is 14.4 Å². The Morgan fingerprint density at radius 2 is 1.18 bits per heavy atom. The molecule has 0 rings (SSSR count). The van der Waals surface area contributed by atoms with Crippen LogP contribution < -0.4 is 0 Å². The molecule has 1 amide bonds. The van der Waals surface area contributed by atoms with Crippen LogP contribution in [-0.4, -0.2) is 35.5 Å². The summed E-state index contributed by atoms with van der Waals surface area (Å²) in [7, 11) is 0. The predicted octanol–water partition coefficient (Wildman–Crippen LogP) is 1.96. The fraction of sp³-hybridized carbons (Fsp3) is 0.769. The Labute approximate surface area is 103 Å². The summed E-state index contributed by atoms with van der Waals surface area (Å²) in [5.41, 5.74) is 0. The van der Waals surface area contributed by atoms with Gasteiger partial charge in [-0.25, -0.2) is 0 Å². The fourth-order valence-electron chi connectivity index (χ4n) is 1.46. The van der Waals surface area contributed by atoms with E-state index in [0.717, 1.165) is 0 Å². The van der Waals surface area contributed by atoms with E-state index in [0.29, 0.717) is 45.2 Å². The Kier molecular flexibility index (Phi) is 8.28. The Bertz CT molecular complexity index is 254. The number of hydrogen-bond acceptors (Lipinski definition) is 3. The summed E-state index contributed by atoms with van der Waals surface area (Å²) in [5.74, 6) is 0.319. The van der Waals surface area contributed by atoms with Crippen LogP contribution >= 0.6 is 0 Å². The molecule has 0 radical (unpaired) electrons. The number of amides is 1. The number of carbonyl (C=O) groups is 3. The van der Waals surface area contributed by atoms with Crippen molar-refractivity contribution in [2.75, 3.05) is 13.1 Å². The minimum atomic E-state index is 0.0119. The summed E-state index contributed by atoms with van der Waals surface area (Å²) >= 11 is 0. The lowest BCUT2D eigenvalue weighted by Gasteiger charge is -2.21. The van der Waals surface area contributed by atoms with Gasteiger partial charge in [0, 0.05) is 45.2 Å². The molecule has 0 aromatic rings. The van der Waals surface area contributed by atoms with Crippen molar-refractivity contribution in [2.24, 2.45) is 0 Å². The largest absolute Gasteiger partial charge is 0.342 e. The molecule has 0 heterocycles. The van der Waals surface area contributed by atoms with Gasteiger partial charge in [0.1, 0.15) is 11.6 Å². The lowest BCUT2D eigenvalue weighted by atomic mass is 10.2. The van der Waals surface area contributed by atoms with E-state index in [1.165, 1.54) is 0 Å². The average Bonchev–Trinajstić information content (AvgIpc) is 2.36. The van der Waals surface area contributed by atoms with Gasteiger partial charge in [0.15, 0.2) is 0 Å². The lowest BCUT2D eigenvalue weighted by Crippen LogP contribution is -2.34. The second-order valence-corrected chi connectivity index (χ2v) is 4.02. The van der Waals surface area contributed by atoms with Crippen LogP contribution in [0.15, 0.2) is 0 Å². The second kappa shape index (κ2) is 8.90. The first kappa shape index (κ1) is 15.8. The maximum absolute atomic E-state index is 11.6. The molecule has 0 saturated carbocycles. The average molecular weight is 241 g/mol. The molecule has 0 aromatic carbocycles. The highest BCUT2D eigenvalue weighted by Gasteiger charge is 2.13. The smallest absolute Gasteiger partial charge is 0.222 e. The number of nitrogens with zero attached hydrogens (tertiary/aromatic N) is 1. The normalized spacial score (nSPS) is 10.1. The first-order valence-electron chi connectivity index (χ1n) is 6.36. The van der Waals surface area contributed by atoms with Gasteiger partial charge in [0.25, 0.3) is 0 Å². The standard InChI is InChI=1S/C13H23NO3/c1-4-11(15)7-9-14(13(17)6-3)10-8-12(16)5-2/h4-10H2,1-3H3. The quantitative estimate of drug-likeness (QED) is 0.620. The van der Waals surface area contributed by atoms with Gasteiger partial charge < -0.3 is 4.90 Å². The van der Waals surface area contributed by atoms with Crippen molar-refractivity contribution in [1.29, 1.82) is 0 Å². The molecule has 0 bridgehead atoms. The molecule has 0 saturated heterocycles. The molecule has 4 heteroatoms. The van der Waals surface area contributed by atoms with Crippen LogP contribution in [0.25, 0.3) is 0 Å². The highest BCUT2D eigenvalue weighted by atomic mass is 16.2. The highest BCUT2D eigenvalue weighted by molar-refractivity contribution is 5.81. The molecule has 0 aromatic heterocycles. The van der Waals surface area contributed by atoms with Gasteiger partial charge in [-0.3, -0.25) is 14.4 Å². The third kappa shape index (κ3) is 6.87. The van der Waals surface area contributed by atoms with Gasteiger partial charge in [-0.1, -0.05) is 20.8 Å². The third-order valence-corrected chi connectivity index (χ3v) is 2.76. The van der Waals surface area contributed by atoms with Crippen LogP contribution in [0.3, 0.4) is 0 Å². The topological polar surface area (TPSA) is 54.5 Å². The molecule has 98 valence electrons. The SMILES string of the molecule is CCC(=O)CCN(CCC(=O)CC)C(=O)CC. The number of hydrogen-bond donors (Lipinski definition) is 0. The molecule has 0 aliphatic carbocycles. The van der Waals surface area contributed by atoms with Crippen molar-refractivity contribution in [1.82, 2.24) is 4.90 Å². The van der Waals surface area contributed by atoms with Crippen LogP contribution in [0, 0.1) is 0 Å². The molecule has 17 heavy (non-hydrogen) atoms. The number of Topliss-reactive ketones (excluding diaryl/α,β-unsaturated/α-hetero) is 2. The van der Waals surface area contributed by atoms with Crippen molar-refractivity contribution in [3.8, 4) is 0 Å². The number of carbonyl (C=O) groups excluding carboxylic acids is 3. The van der Waals surface area contributed by atoms with E-state index in [-0.39, 0.29) is 17.5 Å². The van der Waals surface area contributed by atoms with Gasteiger partial charge in [0.2, 0.25) is 5.91 Å². The molecular weight excluding hydrogens is 218 g/mol. The molecule has 0 atom stereocenters. The van der Waals surface area contributed by atoms with Gasteiger partial charge in [-0.2, -0.15) is 0 Å². The summed E-state index contributed by atoms with van der Waals surface area (Å²) in [6, 6.07) is 0. The van der Waals surface area contributed by atoms with Crippen LogP contribution in [0.2, 0.25) is 0 Å². The van der Waals surface area contributed by atoms with Crippen LogP contribution in [-0.2, 0) is 14.4 Å². The third-order valence-electron chi connectivity index (χ3n) is 2.76. The van der Waals surface area contributed by atoms with E-state index in [1.807, 2.05) is 13.8 Å². The van der Waals surface area contributed by atoms with E-state index >= 15 is 0 Å². The summed E-state index contributed by atoms with van der Waals surface area (Å²) < 4.78 is 0. The van der Waals surface area contributed by atoms with Crippen LogP contribution in [0.5, 0.6) is 0 Å². The Morgan fingerprint density at radius 1 is 0.765 bits per heavy atom. The molecular formula is C13H23NO3. The first-order valence-corrected chi connectivity index (χ1v) is 6.36. The Morgan fingerprint density at radius 3 is 1.47 bits per heavy atom. The van der Waals surface area contributed by atoms with Crippen molar-refractivity contribution >= 4 is 17.5 Å². The van der Waals surface area contributed by atoms with E-state index < -0.39 is 0 Å². The van der Waals surface area contributed by atoms with Crippen molar-refractivity contribution in [3.63, 3.8) is 0 Å². The number of rotatable bonds is 9. The minimum absolute atomic E-state index is 0.0119. The van der Waals surface area contributed by atoms with Crippen molar-refractivity contribution in [3.05, 3.63) is 0 Å². The zero-order valence-corrected chi connectivity index (χ0v) is 11.1. The van der Waals surface area contributed by atoms with Gasteiger partial charge >= 0.3 is 0 Å². The lowest BCUT2D eigenvalue weighted by molar-refractivity contribution is -0.131. The molecule has 0 unspecified atom stereocenters. The maximum atomic E-state index is 11.6. The molecule has 4 nitrogen and oxygen atoms in total. The number of ketones is 2. The Hall–Kier alpha value is -1.19. The monoisotopic (exact) mass is 241 g/mol. The first-order chi connectivity index (χ1) is 8.04. The summed E-state index contributed by atoms with van der Waals surface area (Å²) in [5, 5.41) is 0. The summed E-state index contributed by atoms with van der Waals surface area (Å²) in [4.78, 5) is 35.7. The van der Waals surface area contributed by atoms with E-state index in [2.05, 4.69) is 0 Å². The second-order valence-electron chi connectivity index (χ2n) is 4.02. The van der Waals surface area contributed by atoms with Gasteiger partial charge in [0.05, 0.1) is 0 Å².